The Morgan fingerprint density at radius 2 is 0.515 bits per heavy atom. The molecule has 5 heterocycles. The van der Waals surface area contributed by atoms with Crippen molar-refractivity contribution in [1.29, 1.82) is 0 Å². The molecule has 9 aromatic carbocycles. The van der Waals surface area contributed by atoms with E-state index in [1.165, 1.54) is 32.3 Å². The van der Waals surface area contributed by atoms with E-state index in [4.69, 9.17) is 15.0 Å². The topological polar surface area (TPSA) is 58.4 Å². The summed E-state index contributed by atoms with van der Waals surface area (Å²) in [6.07, 6.45) is 0. The summed E-state index contributed by atoms with van der Waals surface area (Å²) >= 11 is 0. The first-order valence-electron chi connectivity index (χ1n) is 23.0. The van der Waals surface area contributed by atoms with Crippen LogP contribution < -0.4 is 0 Å². The van der Waals surface area contributed by atoms with Gasteiger partial charge in [0.1, 0.15) is 11.3 Å². The van der Waals surface area contributed by atoms with E-state index in [1.54, 1.807) is 0 Å². The van der Waals surface area contributed by atoms with Crippen molar-refractivity contribution in [1.82, 2.24) is 33.2 Å². The van der Waals surface area contributed by atoms with Gasteiger partial charge in [-0.1, -0.05) is 164 Å². The molecule has 68 heavy (non-hydrogen) atoms. The van der Waals surface area contributed by atoms with Gasteiger partial charge in [-0.3, -0.25) is 18.3 Å². The van der Waals surface area contributed by atoms with Gasteiger partial charge in [-0.2, -0.15) is 0 Å². The van der Waals surface area contributed by atoms with Crippen LogP contribution in [-0.4, -0.2) is 33.2 Å². The molecule has 0 bridgehead atoms. The van der Waals surface area contributed by atoms with Crippen molar-refractivity contribution in [3.05, 3.63) is 237 Å². The summed E-state index contributed by atoms with van der Waals surface area (Å²) in [5.41, 5.74) is 13.7. The smallest absolute Gasteiger partial charge is 0.164 e. The second-order valence-electron chi connectivity index (χ2n) is 17.3. The molecule has 0 atom stereocenters. The minimum atomic E-state index is 0.593. The van der Waals surface area contributed by atoms with Crippen molar-refractivity contribution in [3.63, 3.8) is 0 Å². The molecule has 0 saturated heterocycles. The van der Waals surface area contributed by atoms with E-state index in [2.05, 4.69) is 237 Å². The molecule has 0 unspecified atom stereocenters. The van der Waals surface area contributed by atoms with Crippen LogP contribution in [-0.2, 0) is 0 Å². The van der Waals surface area contributed by atoms with Crippen molar-refractivity contribution in [3.8, 4) is 56.9 Å². The summed E-state index contributed by atoms with van der Waals surface area (Å²) in [6.45, 7) is 0. The van der Waals surface area contributed by atoms with E-state index in [0.29, 0.717) is 17.5 Å². The molecule has 318 valence electrons. The molecule has 14 rings (SSSR count). The van der Waals surface area contributed by atoms with Crippen LogP contribution >= 0.6 is 0 Å². The molecular weight excluding hydrogens is 831 g/mol. The number of rotatable bonds is 7. The van der Waals surface area contributed by atoms with Gasteiger partial charge in [0.15, 0.2) is 17.5 Å². The molecule has 0 radical (unpaired) electrons. The number of hydrogen-bond donors (Lipinski definition) is 0. The first-order valence-corrected chi connectivity index (χ1v) is 23.0. The predicted molar refractivity (Wildman–Crippen MR) is 278 cm³/mol. The molecule has 5 aromatic heterocycles. The van der Waals surface area contributed by atoms with Crippen LogP contribution in [0.2, 0.25) is 0 Å². The molecule has 0 amide bonds. The number of aromatic nitrogens is 7. The first kappa shape index (κ1) is 38.0. The highest BCUT2D eigenvalue weighted by Gasteiger charge is 2.24. The van der Waals surface area contributed by atoms with Gasteiger partial charge in [0, 0.05) is 71.8 Å². The minimum Gasteiger partial charge on any atom is -0.295 e. The fraction of sp³-hybridized carbons (Fsp3) is 0. The molecule has 14 aromatic rings. The van der Waals surface area contributed by atoms with Crippen molar-refractivity contribution < 1.29 is 0 Å². The Morgan fingerprint density at radius 3 is 0.897 bits per heavy atom. The standard InChI is InChI=1S/C61H39N7/c1-4-20-40(21-5-1)57-62-58(41-22-18-28-45(38-41)67-53-36-16-12-32-49(53)55-47-30-10-14-34-51(47)65(60(55)67)43-24-6-2-7-25-43)64-59(63-57)42-23-19-29-46(39-42)68-54-37-17-13-33-50(54)56-48-31-11-15-35-52(48)66(61(56)68)44-26-8-3-9-27-44/h1-39H. The third-order valence-electron chi connectivity index (χ3n) is 13.4. The summed E-state index contributed by atoms with van der Waals surface area (Å²) in [7, 11) is 0. The fourth-order valence-electron chi connectivity index (χ4n) is 10.5. The summed E-state index contributed by atoms with van der Waals surface area (Å²) in [5.74, 6) is 1.79. The average molecular weight is 870 g/mol. The molecule has 0 spiro atoms. The zero-order chi connectivity index (χ0) is 44.7. The second kappa shape index (κ2) is 15.1. The van der Waals surface area contributed by atoms with Crippen LogP contribution in [0.5, 0.6) is 0 Å². The van der Waals surface area contributed by atoms with E-state index >= 15 is 0 Å². The number of benzene rings is 9. The molecule has 0 aliphatic carbocycles. The molecule has 0 fully saturated rings. The Kier molecular flexibility index (Phi) is 8.45. The minimum absolute atomic E-state index is 0.593. The highest BCUT2D eigenvalue weighted by atomic mass is 15.2. The van der Waals surface area contributed by atoms with E-state index < -0.39 is 0 Å². The van der Waals surface area contributed by atoms with Crippen molar-refractivity contribution >= 4 is 65.7 Å². The molecule has 7 heteroatoms. The van der Waals surface area contributed by atoms with Crippen LogP contribution in [0.3, 0.4) is 0 Å². The first-order chi connectivity index (χ1) is 33.8. The lowest BCUT2D eigenvalue weighted by Crippen LogP contribution is -2.04. The van der Waals surface area contributed by atoms with Crippen LogP contribution in [0, 0.1) is 0 Å². The lowest BCUT2D eigenvalue weighted by molar-refractivity contribution is 1.05. The third kappa shape index (κ3) is 5.76. The van der Waals surface area contributed by atoms with E-state index in [-0.39, 0.29) is 0 Å². The summed E-state index contributed by atoms with van der Waals surface area (Å²) < 4.78 is 9.56. The van der Waals surface area contributed by atoms with Crippen molar-refractivity contribution in [2.24, 2.45) is 0 Å². The van der Waals surface area contributed by atoms with Gasteiger partial charge in [0.05, 0.1) is 22.1 Å². The maximum Gasteiger partial charge on any atom is 0.164 e. The Bertz CT molecular complexity index is 4000. The number of para-hydroxylation sites is 6. The van der Waals surface area contributed by atoms with E-state index in [1.807, 2.05) is 18.2 Å². The van der Waals surface area contributed by atoms with Gasteiger partial charge in [-0.05, 0) is 72.8 Å². The van der Waals surface area contributed by atoms with Gasteiger partial charge < -0.3 is 0 Å². The highest BCUT2D eigenvalue weighted by Crippen LogP contribution is 2.43. The zero-order valence-corrected chi connectivity index (χ0v) is 36.6. The zero-order valence-electron chi connectivity index (χ0n) is 36.6. The molecular formula is C61H39N7. The average Bonchev–Trinajstić information content (AvgIpc) is 4.14. The monoisotopic (exact) mass is 869 g/mol. The molecule has 0 aliphatic rings. The highest BCUT2D eigenvalue weighted by molar-refractivity contribution is 6.23. The fourth-order valence-corrected chi connectivity index (χ4v) is 10.5. The Hall–Kier alpha value is -9.33. The normalized spacial score (nSPS) is 11.8. The van der Waals surface area contributed by atoms with Crippen LogP contribution in [0.15, 0.2) is 237 Å². The van der Waals surface area contributed by atoms with Crippen LogP contribution in [0.1, 0.15) is 0 Å². The van der Waals surface area contributed by atoms with Crippen molar-refractivity contribution in [2.45, 2.75) is 0 Å². The maximum atomic E-state index is 5.34. The molecule has 7 nitrogen and oxygen atoms in total. The van der Waals surface area contributed by atoms with Crippen LogP contribution in [0.25, 0.3) is 123 Å². The number of nitrogens with zero attached hydrogens (tertiary/aromatic N) is 7. The number of hydrogen-bond acceptors (Lipinski definition) is 3. The van der Waals surface area contributed by atoms with Gasteiger partial charge in [0.25, 0.3) is 0 Å². The molecule has 0 aliphatic heterocycles. The summed E-state index contributed by atoms with van der Waals surface area (Å²) in [5, 5.41) is 7.26. The van der Waals surface area contributed by atoms with Gasteiger partial charge in [-0.25, -0.2) is 15.0 Å². The van der Waals surface area contributed by atoms with E-state index in [0.717, 1.165) is 72.8 Å². The van der Waals surface area contributed by atoms with Gasteiger partial charge in [-0.15, -0.1) is 0 Å². The third-order valence-corrected chi connectivity index (χ3v) is 13.4. The van der Waals surface area contributed by atoms with Crippen LogP contribution in [0.4, 0.5) is 0 Å². The van der Waals surface area contributed by atoms with Gasteiger partial charge >= 0.3 is 0 Å². The van der Waals surface area contributed by atoms with Crippen molar-refractivity contribution in [2.75, 3.05) is 0 Å². The Morgan fingerprint density at radius 1 is 0.235 bits per heavy atom. The largest absolute Gasteiger partial charge is 0.295 e. The molecule has 0 N–H and O–H groups in total. The quantitative estimate of drug-likeness (QED) is 0.160. The Balaban J connectivity index is 0.979. The SMILES string of the molecule is c1ccc(-c2nc(-c3cccc(-n4c5ccccc5c5c6ccccc6n(-c6ccccc6)c54)c3)nc(-c3cccc(-n4c5ccccc5c5c6ccccc6n(-c6ccccc6)c54)c3)n2)cc1. The lowest BCUT2D eigenvalue weighted by Gasteiger charge is -2.15. The lowest BCUT2D eigenvalue weighted by atomic mass is 10.1. The maximum absolute atomic E-state index is 5.34. The Labute approximate surface area is 390 Å². The van der Waals surface area contributed by atoms with E-state index in [9.17, 15) is 0 Å². The van der Waals surface area contributed by atoms with Gasteiger partial charge in [0.2, 0.25) is 0 Å². The molecule has 0 saturated carbocycles. The number of fused-ring (bicyclic) bond motifs is 10. The summed E-state index contributed by atoms with van der Waals surface area (Å²) in [6, 6.07) is 83.6. The summed E-state index contributed by atoms with van der Waals surface area (Å²) in [4.78, 5) is 15.8. The second-order valence-corrected chi connectivity index (χ2v) is 17.3. The predicted octanol–water partition coefficient (Wildman–Crippen LogP) is 15.0.